The van der Waals surface area contributed by atoms with Crippen LogP contribution in [0.2, 0.25) is 5.02 Å². The minimum absolute atomic E-state index is 0.482. The Morgan fingerprint density at radius 1 is 1.39 bits per heavy atom. The van der Waals surface area contributed by atoms with Gasteiger partial charge in [0.05, 0.1) is 10.7 Å². The van der Waals surface area contributed by atoms with Crippen molar-refractivity contribution in [3.8, 4) is 0 Å². The number of halogens is 1. The molecule has 0 amide bonds. The molecule has 1 unspecified atom stereocenters. The number of nitrogens with one attached hydrogen (secondary N) is 1. The average molecular weight is 270 g/mol. The molecule has 1 atom stereocenters. The van der Waals surface area contributed by atoms with Gasteiger partial charge >= 0.3 is 0 Å². The number of pyridine rings is 1. The van der Waals surface area contributed by atoms with Crippen LogP contribution in [0.1, 0.15) is 39.3 Å². The molecular formula is C14H24ClN3. The lowest BCUT2D eigenvalue weighted by molar-refractivity contribution is 0.644. The van der Waals surface area contributed by atoms with Crippen LogP contribution in [0.3, 0.4) is 0 Å². The molecule has 4 heteroatoms. The van der Waals surface area contributed by atoms with E-state index in [0.29, 0.717) is 6.04 Å². The Hall–Kier alpha value is -0.800. The van der Waals surface area contributed by atoms with Gasteiger partial charge in [0.25, 0.3) is 0 Å². The normalized spacial score (nSPS) is 12.5. The predicted molar refractivity (Wildman–Crippen MR) is 79.4 cm³/mol. The highest BCUT2D eigenvalue weighted by molar-refractivity contribution is 6.31. The molecule has 0 spiro atoms. The number of hydrogen-bond donors (Lipinski definition) is 1. The van der Waals surface area contributed by atoms with E-state index in [2.05, 4.69) is 43.0 Å². The Kier molecular flexibility index (Phi) is 6.44. The first-order valence-electron chi connectivity index (χ1n) is 6.69. The summed E-state index contributed by atoms with van der Waals surface area (Å²) in [5.74, 6) is 0.988. The quantitative estimate of drug-likeness (QED) is 0.769. The lowest BCUT2D eigenvalue weighted by Gasteiger charge is -2.25. The van der Waals surface area contributed by atoms with Gasteiger partial charge in [-0.25, -0.2) is 4.98 Å². The summed E-state index contributed by atoms with van der Waals surface area (Å²) in [5.41, 5.74) is 0.928. The van der Waals surface area contributed by atoms with Crippen molar-refractivity contribution < 1.29 is 0 Å². The SMILES string of the molecule is CCCNCc1nc(N(C)C(C)CC)ccc1Cl. The van der Waals surface area contributed by atoms with Gasteiger partial charge in [-0.3, -0.25) is 0 Å². The van der Waals surface area contributed by atoms with Crippen LogP contribution in [-0.2, 0) is 6.54 Å². The van der Waals surface area contributed by atoms with E-state index >= 15 is 0 Å². The van der Waals surface area contributed by atoms with Crippen LogP contribution >= 0.6 is 11.6 Å². The van der Waals surface area contributed by atoms with E-state index in [1.807, 2.05) is 12.1 Å². The van der Waals surface area contributed by atoms with Crippen LogP contribution in [0.5, 0.6) is 0 Å². The van der Waals surface area contributed by atoms with Crippen LogP contribution in [0, 0.1) is 0 Å². The van der Waals surface area contributed by atoms with Gasteiger partial charge in [0.2, 0.25) is 0 Å². The molecule has 0 aliphatic heterocycles. The molecule has 1 aromatic rings. The highest BCUT2D eigenvalue weighted by atomic mass is 35.5. The Morgan fingerprint density at radius 3 is 2.72 bits per heavy atom. The molecule has 0 aromatic carbocycles. The number of aromatic nitrogens is 1. The van der Waals surface area contributed by atoms with Gasteiger partial charge in [0.15, 0.2) is 0 Å². The molecule has 0 aliphatic rings. The number of nitrogens with zero attached hydrogens (tertiary/aromatic N) is 2. The van der Waals surface area contributed by atoms with Gasteiger partial charge in [-0.15, -0.1) is 0 Å². The van der Waals surface area contributed by atoms with Gasteiger partial charge in [-0.2, -0.15) is 0 Å². The molecule has 1 heterocycles. The van der Waals surface area contributed by atoms with Crippen molar-refractivity contribution in [2.24, 2.45) is 0 Å². The molecule has 0 radical (unpaired) electrons. The molecule has 1 rings (SSSR count). The fourth-order valence-corrected chi connectivity index (χ4v) is 1.85. The molecule has 0 bridgehead atoms. The molecule has 0 fully saturated rings. The highest BCUT2D eigenvalue weighted by Crippen LogP contribution is 2.20. The summed E-state index contributed by atoms with van der Waals surface area (Å²) < 4.78 is 0. The lowest BCUT2D eigenvalue weighted by Crippen LogP contribution is -2.29. The third-order valence-corrected chi connectivity index (χ3v) is 3.58. The molecule has 102 valence electrons. The van der Waals surface area contributed by atoms with E-state index in [1.165, 1.54) is 0 Å². The number of rotatable bonds is 7. The largest absolute Gasteiger partial charge is 0.357 e. The summed E-state index contributed by atoms with van der Waals surface area (Å²) in [7, 11) is 2.08. The van der Waals surface area contributed by atoms with Crippen LogP contribution < -0.4 is 10.2 Å². The first kappa shape index (κ1) is 15.3. The monoisotopic (exact) mass is 269 g/mol. The number of hydrogen-bond acceptors (Lipinski definition) is 3. The molecule has 1 N–H and O–H groups in total. The van der Waals surface area contributed by atoms with Crippen LogP contribution in [0.15, 0.2) is 12.1 Å². The highest BCUT2D eigenvalue weighted by Gasteiger charge is 2.11. The summed E-state index contributed by atoms with van der Waals surface area (Å²) in [5, 5.41) is 4.07. The maximum Gasteiger partial charge on any atom is 0.128 e. The van der Waals surface area contributed by atoms with Gasteiger partial charge in [0, 0.05) is 19.6 Å². The molecule has 3 nitrogen and oxygen atoms in total. The second-order valence-corrected chi connectivity index (χ2v) is 5.05. The summed E-state index contributed by atoms with van der Waals surface area (Å²) >= 11 is 6.17. The van der Waals surface area contributed by atoms with E-state index in [0.717, 1.165) is 42.5 Å². The predicted octanol–water partition coefficient (Wildman–Crippen LogP) is 3.47. The molecule has 1 aromatic heterocycles. The number of anilines is 1. The summed E-state index contributed by atoms with van der Waals surface area (Å²) in [6, 6.07) is 4.40. The maximum absolute atomic E-state index is 6.17. The second kappa shape index (κ2) is 7.59. The Labute approximate surface area is 116 Å². The zero-order valence-corrected chi connectivity index (χ0v) is 12.6. The van der Waals surface area contributed by atoms with Crippen LogP contribution in [0.4, 0.5) is 5.82 Å². The molecule has 18 heavy (non-hydrogen) atoms. The van der Waals surface area contributed by atoms with E-state index in [9.17, 15) is 0 Å². The second-order valence-electron chi connectivity index (χ2n) is 4.64. The maximum atomic E-state index is 6.17. The van der Waals surface area contributed by atoms with Crippen LogP contribution in [0.25, 0.3) is 0 Å². The minimum atomic E-state index is 0.482. The van der Waals surface area contributed by atoms with Crippen LogP contribution in [-0.4, -0.2) is 24.6 Å². The minimum Gasteiger partial charge on any atom is -0.357 e. The Morgan fingerprint density at radius 2 is 2.11 bits per heavy atom. The molecular weight excluding hydrogens is 246 g/mol. The zero-order chi connectivity index (χ0) is 13.5. The lowest BCUT2D eigenvalue weighted by atomic mass is 10.2. The standard InChI is InChI=1S/C14H24ClN3/c1-5-9-16-10-13-12(15)7-8-14(17-13)18(4)11(3)6-2/h7-8,11,16H,5-6,9-10H2,1-4H3. The van der Waals surface area contributed by atoms with E-state index < -0.39 is 0 Å². The van der Waals surface area contributed by atoms with Crippen molar-refractivity contribution >= 4 is 17.4 Å². The molecule has 0 aliphatic carbocycles. The van der Waals surface area contributed by atoms with Crippen molar-refractivity contribution in [2.45, 2.75) is 46.2 Å². The van der Waals surface area contributed by atoms with E-state index in [4.69, 9.17) is 11.6 Å². The van der Waals surface area contributed by atoms with Gasteiger partial charge in [-0.1, -0.05) is 25.4 Å². The van der Waals surface area contributed by atoms with Crippen molar-refractivity contribution in [3.63, 3.8) is 0 Å². The zero-order valence-electron chi connectivity index (χ0n) is 11.8. The van der Waals surface area contributed by atoms with Gasteiger partial charge in [0.1, 0.15) is 5.82 Å². The van der Waals surface area contributed by atoms with E-state index in [1.54, 1.807) is 0 Å². The third kappa shape index (κ3) is 4.14. The first-order valence-corrected chi connectivity index (χ1v) is 7.06. The van der Waals surface area contributed by atoms with E-state index in [-0.39, 0.29) is 0 Å². The smallest absolute Gasteiger partial charge is 0.128 e. The fraction of sp³-hybridized carbons (Fsp3) is 0.643. The van der Waals surface area contributed by atoms with Crippen molar-refractivity contribution in [2.75, 3.05) is 18.5 Å². The summed E-state index contributed by atoms with van der Waals surface area (Å²) in [6.45, 7) is 8.25. The van der Waals surface area contributed by atoms with Gasteiger partial charge < -0.3 is 10.2 Å². The first-order chi connectivity index (χ1) is 8.60. The van der Waals surface area contributed by atoms with Crippen molar-refractivity contribution in [1.82, 2.24) is 10.3 Å². The van der Waals surface area contributed by atoms with Crippen molar-refractivity contribution in [1.29, 1.82) is 0 Å². The summed E-state index contributed by atoms with van der Waals surface area (Å²) in [4.78, 5) is 6.84. The van der Waals surface area contributed by atoms with Crippen molar-refractivity contribution in [3.05, 3.63) is 22.8 Å². The summed E-state index contributed by atoms with van der Waals surface area (Å²) in [6.07, 6.45) is 2.22. The topological polar surface area (TPSA) is 28.2 Å². The Bertz CT molecular complexity index is 368. The molecule has 0 saturated heterocycles. The third-order valence-electron chi connectivity index (χ3n) is 3.24. The van der Waals surface area contributed by atoms with Gasteiger partial charge in [-0.05, 0) is 38.4 Å². The molecule has 0 saturated carbocycles. The Balaban J connectivity index is 2.79. The fourth-order valence-electron chi connectivity index (χ4n) is 1.68. The average Bonchev–Trinajstić information content (AvgIpc) is 2.39.